The molecule has 0 fully saturated rings. The number of hydrogen-bond donors (Lipinski definition) is 2. The van der Waals surface area contributed by atoms with Crippen molar-refractivity contribution in [3.05, 3.63) is 59.7 Å². The van der Waals surface area contributed by atoms with E-state index in [9.17, 15) is 14.4 Å². The van der Waals surface area contributed by atoms with Crippen LogP contribution in [0.15, 0.2) is 48.5 Å². The summed E-state index contributed by atoms with van der Waals surface area (Å²) in [4.78, 5) is 36.1. The molecule has 0 radical (unpaired) electrons. The van der Waals surface area contributed by atoms with Crippen molar-refractivity contribution in [1.82, 2.24) is 5.32 Å². The fourth-order valence-corrected chi connectivity index (χ4v) is 2.24. The van der Waals surface area contributed by atoms with E-state index in [0.717, 1.165) is 0 Å². The minimum atomic E-state index is -1.06. The van der Waals surface area contributed by atoms with Crippen LogP contribution in [0.2, 0.25) is 0 Å². The first-order valence-corrected chi connectivity index (χ1v) is 8.36. The van der Waals surface area contributed by atoms with E-state index in [1.807, 2.05) is 6.07 Å². The Balaban J connectivity index is 1.83. The number of carbonyl (C=O) groups excluding carboxylic acids is 3. The van der Waals surface area contributed by atoms with Crippen LogP contribution < -0.4 is 15.4 Å². The van der Waals surface area contributed by atoms with Gasteiger partial charge in [0.2, 0.25) is 0 Å². The van der Waals surface area contributed by atoms with Gasteiger partial charge in [-0.2, -0.15) is 5.26 Å². The number of methoxy groups -OCH3 is 1. The fourth-order valence-electron chi connectivity index (χ4n) is 2.24. The van der Waals surface area contributed by atoms with Gasteiger partial charge in [-0.05, 0) is 43.3 Å². The molecule has 1 atom stereocenters. The van der Waals surface area contributed by atoms with E-state index in [-0.39, 0.29) is 5.56 Å². The van der Waals surface area contributed by atoms with E-state index < -0.39 is 30.4 Å². The maximum atomic E-state index is 12.1. The molecular formula is C20H19N3O5. The Morgan fingerprint density at radius 1 is 1.11 bits per heavy atom. The van der Waals surface area contributed by atoms with Gasteiger partial charge in [0.1, 0.15) is 12.3 Å². The molecule has 0 saturated heterocycles. The summed E-state index contributed by atoms with van der Waals surface area (Å²) >= 11 is 0. The minimum Gasteiger partial charge on any atom is -0.496 e. The molecule has 0 spiro atoms. The fraction of sp³-hybridized carbons (Fsp3) is 0.200. The molecule has 2 aromatic carbocycles. The molecule has 2 amide bonds. The monoisotopic (exact) mass is 381 g/mol. The highest BCUT2D eigenvalue weighted by atomic mass is 16.5. The van der Waals surface area contributed by atoms with Gasteiger partial charge in [0.05, 0.1) is 24.3 Å². The first-order valence-electron chi connectivity index (χ1n) is 8.36. The first-order chi connectivity index (χ1) is 13.4. The molecule has 8 nitrogen and oxygen atoms in total. The van der Waals surface area contributed by atoms with Gasteiger partial charge in [-0.25, -0.2) is 0 Å². The zero-order valence-corrected chi connectivity index (χ0v) is 15.4. The van der Waals surface area contributed by atoms with Crippen molar-refractivity contribution in [2.45, 2.75) is 13.0 Å². The van der Waals surface area contributed by atoms with E-state index in [1.54, 1.807) is 48.5 Å². The van der Waals surface area contributed by atoms with Gasteiger partial charge in [0.25, 0.3) is 11.8 Å². The second-order valence-corrected chi connectivity index (χ2v) is 5.69. The SMILES string of the molecule is COc1ccccc1C(=O)NCC(=O)O[C@H](C)C(=O)Nc1ccc(C#N)cc1. The van der Waals surface area contributed by atoms with Gasteiger partial charge in [-0.1, -0.05) is 12.1 Å². The molecule has 0 saturated carbocycles. The molecule has 2 N–H and O–H groups in total. The third-order valence-corrected chi connectivity index (χ3v) is 3.70. The van der Waals surface area contributed by atoms with Crippen molar-refractivity contribution < 1.29 is 23.9 Å². The van der Waals surface area contributed by atoms with E-state index in [0.29, 0.717) is 17.0 Å². The smallest absolute Gasteiger partial charge is 0.326 e. The predicted octanol–water partition coefficient (Wildman–Crippen LogP) is 1.87. The lowest BCUT2D eigenvalue weighted by molar-refractivity contribution is -0.152. The number of esters is 1. The number of anilines is 1. The van der Waals surface area contributed by atoms with Crippen LogP contribution in [0.25, 0.3) is 0 Å². The number of amides is 2. The second-order valence-electron chi connectivity index (χ2n) is 5.69. The number of nitrogens with one attached hydrogen (secondary N) is 2. The maximum absolute atomic E-state index is 12.1. The van der Waals surface area contributed by atoms with Gasteiger partial charge >= 0.3 is 5.97 Å². The Hall–Kier alpha value is -3.86. The quantitative estimate of drug-likeness (QED) is 0.707. The first kappa shape index (κ1) is 20.5. The maximum Gasteiger partial charge on any atom is 0.326 e. The number of nitriles is 1. The molecule has 0 aromatic heterocycles. The molecule has 8 heteroatoms. The summed E-state index contributed by atoms with van der Waals surface area (Å²) in [5.74, 6) is -1.41. The number of carbonyl (C=O) groups is 3. The van der Waals surface area contributed by atoms with Crippen LogP contribution in [0.5, 0.6) is 5.75 Å². The summed E-state index contributed by atoms with van der Waals surface area (Å²) in [5, 5.41) is 13.8. The zero-order chi connectivity index (χ0) is 20.5. The average molecular weight is 381 g/mol. The number of nitrogens with zero attached hydrogens (tertiary/aromatic N) is 1. The Bertz CT molecular complexity index is 903. The Morgan fingerprint density at radius 3 is 2.43 bits per heavy atom. The molecule has 0 aliphatic rings. The summed E-state index contributed by atoms with van der Waals surface area (Å²) in [7, 11) is 1.44. The average Bonchev–Trinajstić information content (AvgIpc) is 2.72. The molecule has 2 rings (SSSR count). The van der Waals surface area contributed by atoms with Gasteiger partial charge in [0.15, 0.2) is 6.10 Å². The lowest BCUT2D eigenvalue weighted by Gasteiger charge is -2.14. The van der Waals surface area contributed by atoms with E-state index in [1.165, 1.54) is 14.0 Å². The Kier molecular flexibility index (Phi) is 7.11. The minimum absolute atomic E-state index is 0.282. The van der Waals surface area contributed by atoms with Gasteiger partial charge in [0, 0.05) is 5.69 Å². The van der Waals surface area contributed by atoms with Crippen molar-refractivity contribution >= 4 is 23.5 Å². The summed E-state index contributed by atoms with van der Waals surface area (Å²) in [5.41, 5.74) is 1.21. The predicted molar refractivity (Wildman–Crippen MR) is 101 cm³/mol. The normalized spacial score (nSPS) is 10.9. The molecule has 0 unspecified atom stereocenters. The van der Waals surface area contributed by atoms with Crippen LogP contribution in [0.3, 0.4) is 0 Å². The topological polar surface area (TPSA) is 118 Å². The second kappa shape index (κ2) is 9.73. The van der Waals surface area contributed by atoms with Crippen LogP contribution in [-0.4, -0.2) is 37.5 Å². The van der Waals surface area contributed by atoms with Crippen molar-refractivity contribution in [2.75, 3.05) is 19.0 Å². The van der Waals surface area contributed by atoms with Crippen LogP contribution >= 0.6 is 0 Å². The Morgan fingerprint density at radius 2 is 1.79 bits per heavy atom. The summed E-state index contributed by atoms with van der Waals surface area (Å²) in [6.45, 7) is 1.02. The summed E-state index contributed by atoms with van der Waals surface area (Å²) in [6, 6.07) is 14.8. The number of benzene rings is 2. The van der Waals surface area contributed by atoms with Gasteiger partial charge in [-0.15, -0.1) is 0 Å². The lowest BCUT2D eigenvalue weighted by Crippen LogP contribution is -2.35. The van der Waals surface area contributed by atoms with Crippen molar-refractivity contribution in [3.63, 3.8) is 0 Å². The van der Waals surface area contributed by atoms with Crippen molar-refractivity contribution in [2.24, 2.45) is 0 Å². The highest BCUT2D eigenvalue weighted by Crippen LogP contribution is 2.16. The van der Waals surface area contributed by atoms with E-state index in [4.69, 9.17) is 14.7 Å². The largest absolute Gasteiger partial charge is 0.496 e. The molecule has 28 heavy (non-hydrogen) atoms. The number of hydrogen-bond acceptors (Lipinski definition) is 6. The number of rotatable bonds is 7. The highest BCUT2D eigenvalue weighted by molar-refractivity contribution is 5.99. The van der Waals surface area contributed by atoms with Gasteiger partial charge in [-0.3, -0.25) is 14.4 Å². The van der Waals surface area contributed by atoms with Crippen LogP contribution in [-0.2, 0) is 14.3 Å². The molecule has 0 aliphatic heterocycles. The highest BCUT2D eigenvalue weighted by Gasteiger charge is 2.19. The third kappa shape index (κ3) is 5.57. The lowest BCUT2D eigenvalue weighted by atomic mass is 10.2. The summed E-state index contributed by atoms with van der Waals surface area (Å²) in [6.07, 6.45) is -1.06. The molecule has 0 heterocycles. The standard InChI is InChI=1S/C20H19N3O5/c1-13(19(25)23-15-9-7-14(11-21)8-10-15)28-18(24)12-22-20(26)16-5-3-4-6-17(16)27-2/h3-10,13H,12H2,1-2H3,(H,22,26)(H,23,25)/t13-/m1/s1. The zero-order valence-electron chi connectivity index (χ0n) is 15.4. The molecule has 0 bridgehead atoms. The van der Waals surface area contributed by atoms with Crippen LogP contribution in [0.1, 0.15) is 22.8 Å². The van der Waals surface area contributed by atoms with E-state index in [2.05, 4.69) is 10.6 Å². The van der Waals surface area contributed by atoms with E-state index >= 15 is 0 Å². The number of ether oxygens (including phenoxy) is 2. The third-order valence-electron chi connectivity index (χ3n) is 3.70. The molecule has 2 aromatic rings. The molecular weight excluding hydrogens is 362 g/mol. The van der Waals surface area contributed by atoms with Crippen LogP contribution in [0, 0.1) is 11.3 Å². The van der Waals surface area contributed by atoms with Gasteiger partial charge < -0.3 is 20.1 Å². The molecule has 144 valence electrons. The van der Waals surface area contributed by atoms with Crippen molar-refractivity contribution in [1.29, 1.82) is 5.26 Å². The van der Waals surface area contributed by atoms with Crippen LogP contribution in [0.4, 0.5) is 5.69 Å². The summed E-state index contributed by atoms with van der Waals surface area (Å²) < 4.78 is 10.1. The molecule has 0 aliphatic carbocycles. The number of para-hydroxylation sites is 1. The Labute approximate surface area is 162 Å². The van der Waals surface area contributed by atoms with Crippen molar-refractivity contribution in [3.8, 4) is 11.8 Å².